The minimum absolute atomic E-state index is 0.104. The number of ether oxygens (including phenoxy) is 1. The van der Waals surface area contributed by atoms with Gasteiger partial charge in [-0.1, -0.05) is 15.9 Å². The summed E-state index contributed by atoms with van der Waals surface area (Å²) in [6.45, 7) is 0. The first-order chi connectivity index (χ1) is 7.15. The number of methoxy groups -OCH3 is 1. The molecule has 0 spiro atoms. The summed E-state index contributed by atoms with van der Waals surface area (Å²) in [5.41, 5.74) is -0.130. The molecule has 0 aromatic carbocycles. The molecule has 0 unspecified atom stereocenters. The summed E-state index contributed by atoms with van der Waals surface area (Å²) in [6, 6.07) is 1.71. The van der Waals surface area contributed by atoms with Crippen molar-refractivity contribution in [1.82, 2.24) is 4.98 Å². The molecule has 6 heteroatoms. The van der Waals surface area contributed by atoms with Gasteiger partial charge >= 0.3 is 0 Å². The van der Waals surface area contributed by atoms with Crippen molar-refractivity contribution in [3.05, 3.63) is 23.0 Å². The van der Waals surface area contributed by atoms with E-state index in [9.17, 15) is 8.78 Å². The lowest BCUT2D eigenvalue weighted by Crippen LogP contribution is -2.01. The smallest absolute Gasteiger partial charge is 0.266 e. The molecule has 80 valence electrons. The van der Waals surface area contributed by atoms with Crippen LogP contribution in [0.2, 0.25) is 0 Å². The lowest BCUT2D eigenvalue weighted by molar-refractivity contribution is 0.150. The number of aromatic nitrogens is 1. The molecular weight excluding hydrogens is 270 g/mol. The molecule has 0 aliphatic carbocycles. The topological polar surface area (TPSA) is 45.9 Å². The number of hydrogen-bond donors (Lipinski definition) is 0. The first kappa shape index (κ1) is 11.9. The van der Waals surface area contributed by atoms with Gasteiger partial charge < -0.3 is 4.74 Å². The van der Waals surface area contributed by atoms with Gasteiger partial charge in [0.15, 0.2) is 5.75 Å². The predicted molar refractivity (Wildman–Crippen MR) is 53.1 cm³/mol. The minimum Gasteiger partial charge on any atom is -0.493 e. The number of alkyl halides is 3. The molecule has 0 N–H and O–H groups in total. The van der Waals surface area contributed by atoms with Gasteiger partial charge in [-0.2, -0.15) is 5.26 Å². The Morgan fingerprint density at radius 1 is 1.67 bits per heavy atom. The lowest BCUT2D eigenvalue weighted by atomic mass is 10.1. The van der Waals surface area contributed by atoms with E-state index in [1.165, 1.54) is 7.11 Å². The van der Waals surface area contributed by atoms with E-state index >= 15 is 0 Å². The number of rotatable bonds is 3. The van der Waals surface area contributed by atoms with Crippen LogP contribution in [0.15, 0.2) is 6.20 Å². The van der Waals surface area contributed by atoms with E-state index in [2.05, 4.69) is 20.9 Å². The summed E-state index contributed by atoms with van der Waals surface area (Å²) in [7, 11) is 1.32. The van der Waals surface area contributed by atoms with Crippen LogP contribution in [0.4, 0.5) is 8.78 Å². The van der Waals surface area contributed by atoms with Gasteiger partial charge in [-0.15, -0.1) is 0 Å². The van der Waals surface area contributed by atoms with Crippen LogP contribution in [0.1, 0.15) is 23.2 Å². The zero-order valence-corrected chi connectivity index (χ0v) is 9.38. The first-order valence-corrected chi connectivity index (χ1v) is 5.07. The van der Waals surface area contributed by atoms with Crippen molar-refractivity contribution in [3.8, 4) is 11.8 Å². The molecule has 0 saturated heterocycles. The summed E-state index contributed by atoms with van der Waals surface area (Å²) >= 11 is 3.13. The van der Waals surface area contributed by atoms with Crippen LogP contribution in [-0.2, 0) is 5.33 Å². The number of halogens is 3. The van der Waals surface area contributed by atoms with Gasteiger partial charge in [-0.3, -0.25) is 4.98 Å². The molecule has 0 aliphatic heterocycles. The van der Waals surface area contributed by atoms with Crippen molar-refractivity contribution in [3.63, 3.8) is 0 Å². The van der Waals surface area contributed by atoms with E-state index in [-0.39, 0.29) is 11.3 Å². The van der Waals surface area contributed by atoms with Crippen molar-refractivity contribution < 1.29 is 13.5 Å². The maximum Gasteiger partial charge on any atom is 0.266 e. The normalized spacial score (nSPS) is 10.1. The van der Waals surface area contributed by atoms with E-state index in [1.54, 1.807) is 6.07 Å². The number of nitriles is 1. The van der Waals surface area contributed by atoms with Crippen molar-refractivity contribution in [2.45, 2.75) is 11.8 Å². The molecule has 15 heavy (non-hydrogen) atoms. The molecule has 0 bridgehead atoms. The second kappa shape index (κ2) is 5.03. The zero-order valence-electron chi connectivity index (χ0n) is 7.80. The molecule has 0 atom stereocenters. The van der Waals surface area contributed by atoms with Gasteiger partial charge in [0.05, 0.1) is 18.4 Å². The van der Waals surface area contributed by atoms with Gasteiger partial charge in [-0.05, 0) is 0 Å². The van der Waals surface area contributed by atoms with Crippen molar-refractivity contribution >= 4 is 15.9 Å². The average molecular weight is 277 g/mol. The molecule has 0 radical (unpaired) electrons. The van der Waals surface area contributed by atoms with Crippen LogP contribution in [0.5, 0.6) is 5.75 Å². The summed E-state index contributed by atoms with van der Waals surface area (Å²) in [5.74, 6) is 0.104. The Labute approximate surface area is 93.8 Å². The third-order valence-electron chi connectivity index (χ3n) is 1.81. The maximum absolute atomic E-state index is 12.5. The molecular formula is C9H7BrF2N2O. The van der Waals surface area contributed by atoms with Crippen LogP contribution in [-0.4, -0.2) is 12.1 Å². The molecule has 1 rings (SSSR count). The fourth-order valence-electron chi connectivity index (χ4n) is 1.14. The minimum atomic E-state index is -2.73. The Hall–Kier alpha value is -1.22. The highest BCUT2D eigenvalue weighted by molar-refractivity contribution is 9.08. The standard InChI is InChI=1S/C9H7BrF2N2O/c1-15-8-5(3-13)6(9(11)12)4-14-7(8)2-10/h4,9H,2H2,1H3. The largest absolute Gasteiger partial charge is 0.493 e. The third kappa shape index (κ3) is 2.23. The van der Waals surface area contributed by atoms with Crippen LogP contribution in [0.3, 0.4) is 0 Å². The van der Waals surface area contributed by atoms with Gasteiger partial charge in [0.2, 0.25) is 0 Å². The molecule has 0 amide bonds. The quantitative estimate of drug-likeness (QED) is 0.798. The van der Waals surface area contributed by atoms with E-state index < -0.39 is 12.0 Å². The number of hydrogen-bond acceptors (Lipinski definition) is 3. The highest BCUT2D eigenvalue weighted by Crippen LogP contribution is 2.31. The Morgan fingerprint density at radius 2 is 2.33 bits per heavy atom. The number of nitrogens with zero attached hydrogens (tertiary/aromatic N) is 2. The van der Waals surface area contributed by atoms with Crippen LogP contribution in [0.25, 0.3) is 0 Å². The van der Waals surface area contributed by atoms with Gasteiger partial charge in [0, 0.05) is 11.5 Å². The van der Waals surface area contributed by atoms with Gasteiger partial charge in [0.25, 0.3) is 6.43 Å². The average Bonchev–Trinajstić information content (AvgIpc) is 2.26. The van der Waals surface area contributed by atoms with Crippen molar-refractivity contribution in [2.75, 3.05) is 7.11 Å². The maximum atomic E-state index is 12.5. The van der Waals surface area contributed by atoms with Crippen LogP contribution in [0, 0.1) is 11.3 Å². The molecule has 0 aliphatic rings. The predicted octanol–water partition coefficient (Wildman–Crippen LogP) is 2.79. The van der Waals surface area contributed by atoms with Crippen molar-refractivity contribution in [2.24, 2.45) is 0 Å². The first-order valence-electron chi connectivity index (χ1n) is 3.95. The Kier molecular flexibility index (Phi) is 3.97. The monoisotopic (exact) mass is 276 g/mol. The SMILES string of the molecule is COc1c(CBr)ncc(C(F)F)c1C#N. The van der Waals surface area contributed by atoms with Crippen LogP contribution >= 0.6 is 15.9 Å². The highest BCUT2D eigenvalue weighted by atomic mass is 79.9. The van der Waals surface area contributed by atoms with Gasteiger partial charge in [-0.25, -0.2) is 8.78 Å². The van der Waals surface area contributed by atoms with Crippen LogP contribution < -0.4 is 4.74 Å². The molecule has 3 nitrogen and oxygen atoms in total. The second-order valence-electron chi connectivity index (χ2n) is 2.61. The zero-order chi connectivity index (χ0) is 11.4. The van der Waals surface area contributed by atoms with E-state index in [0.29, 0.717) is 11.0 Å². The molecule has 0 saturated carbocycles. The van der Waals surface area contributed by atoms with E-state index in [4.69, 9.17) is 10.00 Å². The Morgan fingerprint density at radius 3 is 2.73 bits per heavy atom. The summed E-state index contributed by atoms with van der Waals surface area (Å²) < 4.78 is 29.9. The second-order valence-corrected chi connectivity index (χ2v) is 3.18. The fraction of sp³-hybridized carbons (Fsp3) is 0.333. The molecule has 0 fully saturated rings. The van der Waals surface area contributed by atoms with E-state index in [1.807, 2.05) is 0 Å². The van der Waals surface area contributed by atoms with Crippen molar-refractivity contribution in [1.29, 1.82) is 5.26 Å². The molecule has 1 aromatic heterocycles. The van der Waals surface area contributed by atoms with Gasteiger partial charge in [0.1, 0.15) is 11.6 Å². The Balaban J connectivity index is 3.43. The number of pyridine rings is 1. The molecule has 1 aromatic rings. The lowest BCUT2D eigenvalue weighted by Gasteiger charge is -2.10. The summed E-state index contributed by atoms with van der Waals surface area (Å²) in [6.07, 6.45) is -1.73. The third-order valence-corrected chi connectivity index (χ3v) is 2.35. The molecule has 1 heterocycles. The van der Waals surface area contributed by atoms with E-state index in [0.717, 1.165) is 6.20 Å². The highest BCUT2D eigenvalue weighted by Gasteiger charge is 2.20. The summed E-state index contributed by atoms with van der Waals surface area (Å²) in [5, 5.41) is 9.13. The summed E-state index contributed by atoms with van der Waals surface area (Å²) in [4.78, 5) is 3.79. The Bertz CT molecular complexity index is 404. The fourth-order valence-corrected chi connectivity index (χ4v) is 1.54.